The summed E-state index contributed by atoms with van der Waals surface area (Å²) in [5.74, 6) is 0.270. The van der Waals surface area contributed by atoms with Gasteiger partial charge in [-0.05, 0) is 41.8 Å². The predicted octanol–water partition coefficient (Wildman–Crippen LogP) is 6.28. The lowest BCUT2D eigenvalue weighted by Crippen LogP contribution is -2.25. The number of carbonyl (C=O) groups excluding carboxylic acids is 2. The number of aromatic nitrogens is 1. The molecule has 0 radical (unpaired) electrons. The quantitative estimate of drug-likeness (QED) is 0.151. The summed E-state index contributed by atoms with van der Waals surface area (Å²) >= 11 is 2.87. The SMILES string of the molecule is COc1ccc2nc(N(/N=C/c3cccs3)C(=O)c3ccc(C(=O)c4ccccc4)cc3)sc2c1. The molecule has 5 aromatic rings. The number of ketones is 1. The van der Waals surface area contributed by atoms with Gasteiger partial charge in [0.05, 0.1) is 23.5 Å². The Labute approximate surface area is 209 Å². The van der Waals surface area contributed by atoms with Crippen molar-refractivity contribution in [3.05, 3.63) is 112 Å². The first-order valence-electron chi connectivity index (χ1n) is 10.7. The average Bonchev–Trinajstić information content (AvgIpc) is 3.58. The van der Waals surface area contributed by atoms with Crippen LogP contribution >= 0.6 is 22.7 Å². The van der Waals surface area contributed by atoms with Crippen LogP contribution in [0.1, 0.15) is 31.2 Å². The lowest BCUT2D eigenvalue weighted by molar-refractivity contribution is 0.0985. The maximum absolute atomic E-state index is 13.5. The third kappa shape index (κ3) is 4.89. The van der Waals surface area contributed by atoms with Crippen molar-refractivity contribution in [1.29, 1.82) is 0 Å². The van der Waals surface area contributed by atoms with Gasteiger partial charge >= 0.3 is 0 Å². The van der Waals surface area contributed by atoms with Crippen LogP contribution in [0.5, 0.6) is 5.75 Å². The molecule has 2 heterocycles. The van der Waals surface area contributed by atoms with Crippen molar-refractivity contribution >= 4 is 55.9 Å². The van der Waals surface area contributed by atoms with Crippen LogP contribution in [-0.4, -0.2) is 30.0 Å². The molecule has 0 spiro atoms. The standard InChI is InChI=1S/C27H19N3O3S2/c1-33-21-13-14-23-24(16-21)35-27(29-23)30(28-17-22-8-5-15-34-22)26(32)20-11-9-19(10-12-20)25(31)18-6-3-2-4-7-18/h2-17H,1H3/b28-17+. The number of hydrogen-bond acceptors (Lipinski definition) is 7. The fourth-order valence-electron chi connectivity index (χ4n) is 3.42. The molecule has 0 N–H and O–H groups in total. The van der Waals surface area contributed by atoms with E-state index in [0.29, 0.717) is 27.6 Å². The van der Waals surface area contributed by atoms with E-state index >= 15 is 0 Å². The van der Waals surface area contributed by atoms with E-state index in [9.17, 15) is 9.59 Å². The van der Waals surface area contributed by atoms with Gasteiger partial charge in [-0.2, -0.15) is 10.1 Å². The number of ether oxygens (including phenoxy) is 1. The van der Waals surface area contributed by atoms with E-state index in [-0.39, 0.29) is 11.7 Å². The highest BCUT2D eigenvalue weighted by Gasteiger charge is 2.22. The summed E-state index contributed by atoms with van der Waals surface area (Å²) in [4.78, 5) is 31.8. The second-order valence-corrected chi connectivity index (χ2v) is 9.47. The number of nitrogens with zero attached hydrogens (tertiary/aromatic N) is 3. The predicted molar refractivity (Wildman–Crippen MR) is 141 cm³/mol. The van der Waals surface area contributed by atoms with Crippen LogP contribution in [-0.2, 0) is 0 Å². The average molecular weight is 498 g/mol. The van der Waals surface area contributed by atoms with E-state index in [2.05, 4.69) is 10.1 Å². The van der Waals surface area contributed by atoms with Gasteiger partial charge in [-0.1, -0.05) is 59.9 Å². The van der Waals surface area contributed by atoms with E-state index in [4.69, 9.17) is 4.74 Å². The highest BCUT2D eigenvalue weighted by molar-refractivity contribution is 7.22. The molecule has 0 aliphatic heterocycles. The van der Waals surface area contributed by atoms with Crippen molar-refractivity contribution in [2.45, 2.75) is 0 Å². The maximum Gasteiger partial charge on any atom is 0.280 e. The van der Waals surface area contributed by atoms with Gasteiger partial charge in [-0.3, -0.25) is 9.59 Å². The van der Waals surface area contributed by atoms with Crippen LogP contribution in [0.25, 0.3) is 10.2 Å². The first-order valence-corrected chi connectivity index (χ1v) is 12.4. The molecule has 1 amide bonds. The number of thiophene rings is 1. The van der Waals surface area contributed by atoms with Crippen LogP contribution < -0.4 is 9.75 Å². The summed E-state index contributed by atoms with van der Waals surface area (Å²) in [6.45, 7) is 0. The molecule has 3 aromatic carbocycles. The summed E-state index contributed by atoms with van der Waals surface area (Å²) in [5.41, 5.74) is 2.25. The third-order valence-electron chi connectivity index (χ3n) is 5.23. The zero-order valence-corrected chi connectivity index (χ0v) is 20.3. The molecule has 0 bridgehead atoms. The molecule has 6 nitrogen and oxygen atoms in total. The summed E-state index contributed by atoms with van der Waals surface area (Å²) < 4.78 is 6.19. The second-order valence-electron chi connectivity index (χ2n) is 7.48. The summed E-state index contributed by atoms with van der Waals surface area (Å²) in [6, 6.07) is 25.0. The van der Waals surface area contributed by atoms with Crippen molar-refractivity contribution in [2.24, 2.45) is 5.10 Å². The number of benzene rings is 3. The van der Waals surface area contributed by atoms with Crippen molar-refractivity contribution < 1.29 is 14.3 Å². The molecule has 0 aliphatic rings. The number of hydrazone groups is 1. The van der Waals surface area contributed by atoms with E-state index in [1.54, 1.807) is 49.7 Å². The van der Waals surface area contributed by atoms with Crippen molar-refractivity contribution in [2.75, 3.05) is 12.1 Å². The molecule has 5 rings (SSSR count). The van der Waals surface area contributed by atoms with E-state index < -0.39 is 0 Å². The maximum atomic E-state index is 13.5. The van der Waals surface area contributed by atoms with E-state index in [0.717, 1.165) is 15.1 Å². The summed E-state index contributed by atoms with van der Waals surface area (Å²) in [7, 11) is 1.61. The Balaban J connectivity index is 1.47. The minimum atomic E-state index is -0.345. The fourth-order valence-corrected chi connectivity index (χ4v) is 4.95. The molecule has 0 atom stereocenters. The minimum absolute atomic E-state index is 0.0997. The molecule has 0 fully saturated rings. The monoisotopic (exact) mass is 497 g/mol. The van der Waals surface area contributed by atoms with Crippen LogP contribution in [0.2, 0.25) is 0 Å². The van der Waals surface area contributed by atoms with Gasteiger partial charge in [-0.15, -0.1) is 11.3 Å². The van der Waals surface area contributed by atoms with E-state index in [1.165, 1.54) is 27.7 Å². The Morgan fingerprint density at radius 1 is 0.914 bits per heavy atom. The normalized spacial score (nSPS) is 11.1. The molecule has 35 heavy (non-hydrogen) atoms. The number of fused-ring (bicyclic) bond motifs is 1. The van der Waals surface area contributed by atoms with Crippen molar-refractivity contribution in [3.8, 4) is 5.75 Å². The van der Waals surface area contributed by atoms with Crippen molar-refractivity contribution in [3.63, 3.8) is 0 Å². The molecule has 8 heteroatoms. The van der Waals surface area contributed by atoms with Gasteiger partial charge in [0.25, 0.3) is 5.91 Å². The van der Waals surface area contributed by atoms with Gasteiger partial charge in [0, 0.05) is 21.6 Å². The van der Waals surface area contributed by atoms with Gasteiger partial charge in [0.15, 0.2) is 5.78 Å². The molecule has 0 aliphatic carbocycles. The fraction of sp³-hybridized carbons (Fsp3) is 0.0370. The largest absolute Gasteiger partial charge is 0.497 e. The van der Waals surface area contributed by atoms with E-state index in [1.807, 2.05) is 53.9 Å². The number of carbonyl (C=O) groups is 2. The van der Waals surface area contributed by atoms with Crippen LogP contribution in [0.15, 0.2) is 95.4 Å². The number of methoxy groups -OCH3 is 1. The molecule has 0 saturated carbocycles. The van der Waals surface area contributed by atoms with Crippen LogP contribution in [0.4, 0.5) is 5.13 Å². The lowest BCUT2D eigenvalue weighted by Gasteiger charge is -2.14. The summed E-state index contributed by atoms with van der Waals surface area (Å²) in [5, 5.41) is 8.16. The first-order chi connectivity index (χ1) is 17.1. The molecule has 2 aromatic heterocycles. The highest BCUT2D eigenvalue weighted by atomic mass is 32.1. The van der Waals surface area contributed by atoms with Crippen LogP contribution in [0, 0.1) is 0 Å². The molecule has 172 valence electrons. The van der Waals surface area contributed by atoms with Gasteiger partial charge in [0.2, 0.25) is 5.13 Å². The Morgan fingerprint density at radius 2 is 1.66 bits per heavy atom. The number of hydrogen-bond donors (Lipinski definition) is 0. The zero-order valence-electron chi connectivity index (χ0n) is 18.6. The lowest BCUT2D eigenvalue weighted by atomic mass is 10.0. The summed E-state index contributed by atoms with van der Waals surface area (Å²) in [6.07, 6.45) is 1.64. The zero-order chi connectivity index (χ0) is 24.2. The Morgan fingerprint density at radius 3 is 2.37 bits per heavy atom. The highest BCUT2D eigenvalue weighted by Crippen LogP contribution is 2.32. The van der Waals surface area contributed by atoms with Gasteiger partial charge in [-0.25, -0.2) is 4.98 Å². The molecule has 0 unspecified atom stereocenters. The van der Waals surface area contributed by atoms with Gasteiger partial charge < -0.3 is 4.74 Å². The Hall–Kier alpha value is -4.14. The number of anilines is 1. The first kappa shape index (κ1) is 22.6. The third-order valence-corrected chi connectivity index (χ3v) is 7.03. The molecular formula is C27H19N3O3S2. The second kappa shape index (κ2) is 10.0. The Bertz CT molecular complexity index is 1510. The van der Waals surface area contributed by atoms with Crippen LogP contribution in [0.3, 0.4) is 0 Å². The van der Waals surface area contributed by atoms with Crippen molar-refractivity contribution in [1.82, 2.24) is 4.98 Å². The minimum Gasteiger partial charge on any atom is -0.497 e. The topological polar surface area (TPSA) is 71.9 Å². The number of amides is 1. The molecular weight excluding hydrogens is 478 g/mol. The van der Waals surface area contributed by atoms with Gasteiger partial charge in [0.1, 0.15) is 5.75 Å². The Kier molecular flexibility index (Phi) is 6.47. The number of rotatable bonds is 7. The smallest absolute Gasteiger partial charge is 0.280 e. The molecule has 0 saturated heterocycles. The number of thiazole rings is 1.